The SMILES string of the molecule is Cc1cc2[nH]c(-c3cccc(NC(=S)NC(=O)c4ccc(OC(C)C)cc4)c3)nc2cc1Cl. The second kappa shape index (κ2) is 9.60. The van der Waals surface area contributed by atoms with Crippen LogP contribution >= 0.6 is 23.8 Å². The van der Waals surface area contributed by atoms with Gasteiger partial charge < -0.3 is 15.0 Å². The number of carbonyl (C=O) groups excluding carboxylic acids is 1. The van der Waals surface area contributed by atoms with Crippen LogP contribution < -0.4 is 15.4 Å². The van der Waals surface area contributed by atoms with Crippen LogP contribution in [0.4, 0.5) is 5.69 Å². The van der Waals surface area contributed by atoms with Crippen LogP contribution in [0.3, 0.4) is 0 Å². The van der Waals surface area contributed by atoms with E-state index in [1.54, 1.807) is 24.3 Å². The molecule has 8 heteroatoms. The van der Waals surface area contributed by atoms with Crippen molar-refractivity contribution in [2.75, 3.05) is 5.32 Å². The molecule has 3 N–H and O–H groups in total. The second-order valence-electron chi connectivity index (χ2n) is 7.88. The molecule has 0 radical (unpaired) electrons. The van der Waals surface area contributed by atoms with Gasteiger partial charge in [0.25, 0.3) is 5.91 Å². The molecule has 1 amide bonds. The second-order valence-corrected chi connectivity index (χ2v) is 8.70. The molecule has 0 unspecified atom stereocenters. The summed E-state index contributed by atoms with van der Waals surface area (Å²) in [5.41, 5.74) is 4.79. The number of benzene rings is 3. The quantitative estimate of drug-likeness (QED) is 0.302. The van der Waals surface area contributed by atoms with Gasteiger partial charge in [0, 0.05) is 21.8 Å². The van der Waals surface area contributed by atoms with Crippen molar-refractivity contribution in [1.29, 1.82) is 0 Å². The van der Waals surface area contributed by atoms with Crippen molar-refractivity contribution in [3.63, 3.8) is 0 Å². The summed E-state index contributed by atoms with van der Waals surface area (Å²) in [6.07, 6.45) is 0.0682. The number of hydrogen-bond acceptors (Lipinski definition) is 4. The molecular formula is C25H23ClN4O2S. The third-order valence-corrected chi connectivity index (χ3v) is 5.48. The largest absolute Gasteiger partial charge is 0.491 e. The maximum Gasteiger partial charge on any atom is 0.257 e. The molecule has 3 aromatic carbocycles. The van der Waals surface area contributed by atoms with E-state index < -0.39 is 0 Å². The van der Waals surface area contributed by atoms with Crippen LogP contribution in [0.5, 0.6) is 5.75 Å². The zero-order valence-electron chi connectivity index (χ0n) is 18.4. The van der Waals surface area contributed by atoms with E-state index in [0.717, 1.165) is 27.8 Å². The number of imidazole rings is 1. The van der Waals surface area contributed by atoms with E-state index in [1.807, 2.05) is 57.2 Å². The minimum atomic E-state index is -0.302. The number of carbonyl (C=O) groups is 1. The molecule has 0 spiro atoms. The zero-order valence-corrected chi connectivity index (χ0v) is 20.0. The molecule has 6 nitrogen and oxygen atoms in total. The monoisotopic (exact) mass is 478 g/mol. The number of aryl methyl sites for hydroxylation is 1. The molecule has 0 fully saturated rings. The van der Waals surface area contributed by atoms with Crippen molar-refractivity contribution in [3.05, 3.63) is 76.8 Å². The van der Waals surface area contributed by atoms with E-state index in [0.29, 0.717) is 22.2 Å². The number of thiocarbonyl (C=S) groups is 1. The van der Waals surface area contributed by atoms with Gasteiger partial charge in [-0.15, -0.1) is 0 Å². The lowest BCUT2D eigenvalue weighted by Crippen LogP contribution is -2.34. The number of rotatable bonds is 5. The van der Waals surface area contributed by atoms with E-state index in [9.17, 15) is 4.79 Å². The van der Waals surface area contributed by atoms with Crippen LogP contribution in [-0.2, 0) is 0 Å². The number of hydrogen-bond donors (Lipinski definition) is 3. The summed E-state index contributed by atoms with van der Waals surface area (Å²) < 4.78 is 5.60. The Balaban J connectivity index is 1.44. The van der Waals surface area contributed by atoms with E-state index in [2.05, 4.69) is 20.6 Å². The van der Waals surface area contributed by atoms with Gasteiger partial charge >= 0.3 is 0 Å². The van der Waals surface area contributed by atoms with E-state index in [4.69, 9.17) is 28.6 Å². The first-order valence-corrected chi connectivity index (χ1v) is 11.2. The van der Waals surface area contributed by atoms with Crippen molar-refractivity contribution in [3.8, 4) is 17.1 Å². The summed E-state index contributed by atoms with van der Waals surface area (Å²) in [5, 5.41) is 6.64. The van der Waals surface area contributed by atoms with Crippen molar-refractivity contribution < 1.29 is 9.53 Å². The number of anilines is 1. The molecule has 168 valence electrons. The summed E-state index contributed by atoms with van der Waals surface area (Å²) in [6, 6.07) is 18.3. The summed E-state index contributed by atoms with van der Waals surface area (Å²) in [5.74, 6) is 1.13. The Morgan fingerprint density at radius 2 is 1.88 bits per heavy atom. The fourth-order valence-electron chi connectivity index (χ4n) is 3.32. The zero-order chi connectivity index (χ0) is 23.5. The smallest absolute Gasteiger partial charge is 0.257 e. The predicted octanol–water partition coefficient (Wildman–Crippen LogP) is 6.11. The van der Waals surface area contributed by atoms with Gasteiger partial charge in [-0.2, -0.15) is 0 Å². The predicted molar refractivity (Wildman–Crippen MR) is 137 cm³/mol. The highest BCUT2D eigenvalue weighted by Gasteiger charge is 2.11. The van der Waals surface area contributed by atoms with Crippen LogP contribution in [0.2, 0.25) is 5.02 Å². The Morgan fingerprint density at radius 3 is 2.61 bits per heavy atom. The fourth-order valence-corrected chi connectivity index (χ4v) is 3.68. The maximum atomic E-state index is 12.5. The van der Waals surface area contributed by atoms with Gasteiger partial charge in [-0.25, -0.2) is 4.98 Å². The molecule has 0 saturated carbocycles. The molecule has 1 aromatic heterocycles. The summed E-state index contributed by atoms with van der Waals surface area (Å²) in [4.78, 5) is 20.5. The Hall–Kier alpha value is -3.42. The highest BCUT2D eigenvalue weighted by Crippen LogP contribution is 2.26. The highest BCUT2D eigenvalue weighted by atomic mass is 35.5. The topological polar surface area (TPSA) is 79.0 Å². The van der Waals surface area contributed by atoms with Gasteiger partial charge in [-0.3, -0.25) is 10.1 Å². The van der Waals surface area contributed by atoms with Crippen LogP contribution in [0.15, 0.2) is 60.7 Å². The lowest BCUT2D eigenvalue weighted by atomic mass is 10.2. The average Bonchev–Trinajstić information content (AvgIpc) is 3.17. The Labute approximate surface area is 202 Å². The average molecular weight is 479 g/mol. The first kappa shape index (κ1) is 22.8. The third kappa shape index (κ3) is 5.50. The Morgan fingerprint density at radius 1 is 1.12 bits per heavy atom. The number of aromatic nitrogens is 2. The number of fused-ring (bicyclic) bond motifs is 1. The molecule has 4 rings (SSSR count). The minimum absolute atomic E-state index is 0.0682. The van der Waals surface area contributed by atoms with Gasteiger partial charge in [-0.05, 0) is 87.1 Å². The maximum absolute atomic E-state index is 12.5. The number of nitrogens with one attached hydrogen (secondary N) is 3. The molecule has 0 atom stereocenters. The summed E-state index contributed by atoms with van der Waals surface area (Å²) in [7, 11) is 0. The number of halogens is 1. The molecular weight excluding hydrogens is 456 g/mol. The fraction of sp³-hybridized carbons (Fsp3) is 0.160. The summed E-state index contributed by atoms with van der Waals surface area (Å²) in [6.45, 7) is 5.85. The number of H-pyrrole nitrogens is 1. The molecule has 4 aromatic rings. The first-order valence-electron chi connectivity index (χ1n) is 10.4. The first-order chi connectivity index (χ1) is 15.8. The lowest BCUT2D eigenvalue weighted by molar-refractivity contribution is 0.0977. The third-order valence-electron chi connectivity index (χ3n) is 4.87. The number of ether oxygens (including phenoxy) is 1. The Bertz CT molecular complexity index is 1290. The lowest BCUT2D eigenvalue weighted by Gasteiger charge is -2.12. The summed E-state index contributed by atoms with van der Waals surface area (Å²) >= 11 is 11.6. The minimum Gasteiger partial charge on any atom is -0.491 e. The van der Waals surface area contributed by atoms with Gasteiger partial charge in [0.2, 0.25) is 0 Å². The van der Waals surface area contributed by atoms with Gasteiger partial charge in [0.15, 0.2) is 5.11 Å². The molecule has 1 heterocycles. The molecule has 0 saturated heterocycles. The van der Waals surface area contributed by atoms with E-state index >= 15 is 0 Å². The molecule has 0 aliphatic rings. The van der Waals surface area contributed by atoms with E-state index in [-0.39, 0.29) is 17.1 Å². The van der Waals surface area contributed by atoms with Gasteiger partial charge in [0.05, 0.1) is 17.1 Å². The van der Waals surface area contributed by atoms with Gasteiger partial charge in [0.1, 0.15) is 11.6 Å². The van der Waals surface area contributed by atoms with Crippen LogP contribution in [0, 0.1) is 6.92 Å². The van der Waals surface area contributed by atoms with Crippen molar-refractivity contribution in [1.82, 2.24) is 15.3 Å². The molecule has 33 heavy (non-hydrogen) atoms. The van der Waals surface area contributed by atoms with Crippen LogP contribution in [0.25, 0.3) is 22.4 Å². The van der Waals surface area contributed by atoms with Crippen LogP contribution in [0.1, 0.15) is 29.8 Å². The molecule has 0 bridgehead atoms. The van der Waals surface area contributed by atoms with Crippen molar-refractivity contribution in [2.45, 2.75) is 26.9 Å². The van der Waals surface area contributed by atoms with Crippen molar-refractivity contribution >= 4 is 51.6 Å². The number of nitrogens with zero attached hydrogens (tertiary/aromatic N) is 1. The number of amides is 1. The van der Waals surface area contributed by atoms with Crippen LogP contribution in [-0.4, -0.2) is 27.1 Å². The molecule has 0 aliphatic carbocycles. The van der Waals surface area contributed by atoms with Crippen molar-refractivity contribution in [2.24, 2.45) is 0 Å². The highest BCUT2D eigenvalue weighted by molar-refractivity contribution is 7.80. The normalized spacial score (nSPS) is 10.9. The molecule has 0 aliphatic heterocycles. The Kier molecular flexibility index (Phi) is 6.62. The van der Waals surface area contributed by atoms with Gasteiger partial charge in [-0.1, -0.05) is 23.7 Å². The number of aromatic amines is 1. The van der Waals surface area contributed by atoms with E-state index in [1.165, 1.54) is 0 Å². The standard InChI is InChI=1S/C25H23ClN4O2S/c1-14(2)32-19-9-7-16(8-10-19)24(31)30-25(33)27-18-6-4-5-17(12-18)23-28-21-11-15(3)20(26)13-22(21)29-23/h4-14H,1-3H3,(H,28,29)(H2,27,30,31,33).